The number of rotatable bonds is 1. The lowest BCUT2D eigenvalue weighted by molar-refractivity contribution is 0.0280. The summed E-state index contributed by atoms with van der Waals surface area (Å²) in [6.07, 6.45) is 4.01. The Kier molecular flexibility index (Phi) is 3.63. The molecule has 3 heteroatoms. The molecule has 2 heterocycles. The van der Waals surface area contributed by atoms with Crippen molar-refractivity contribution in [2.24, 2.45) is 5.92 Å². The van der Waals surface area contributed by atoms with Crippen LogP contribution in [0, 0.1) is 5.92 Å². The Hall–Kier alpha value is 0.210. The number of hydrogen-bond acceptors (Lipinski definition) is 2. The zero-order valence-corrected chi connectivity index (χ0v) is 7.53. The zero-order valence-electron chi connectivity index (χ0n) is 6.71. The Balaban J connectivity index is 0.000000605. The Bertz CT molecular complexity index is 111. The van der Waals surface area contributed by atoms with Gasteiger partial charge in [0.05, 0.1) is 6.61 Å². The van der Waals surface area contributed by atoms with Crippen LogP contribution in [0.15, 0.2) is 0 Å². The van der Waals surface area contributed by atoms with E-state index < -0.39 is 0 Å². The maximum absolute atomic E-state index is 5.40. The molecule has 2 saturated heterocycles. The lowest BCUT2D eigenvalue weighted by Crippen LogP contribution is -2.50. The van der Waals surface area contributed by atoms with Crippen LogP contribution < -0.4 is 5.32 Å². The lowest BCUT2D eigenvalue weighted by atomic mass is 9.88. The first-order valence-corrected chi connectivity index (χ1v) is 4.28. The Morgan fingerprint density at radius 2 is 2.09 bits per heavy atom. The summed E-state index contributed by atoms with van der Waals surface area (Å²) in [5, 5.41) is 3.44. The fourth-order valence-electron chi connectivity index (χ4n) is 1.80. The summed E-state index contributed by atoms with van der Waals surface area (Å²) in [5.74, 6) is 0.822. The smallest absolute Gasteiger partial charge is 0.0509 e. The molecule has 0 radical (unpaired) electrons. The van der Waals surface area contributed by atoms with Crippen LogP contribution in [-0.4, -0.2) is 25.8 Å². The minimum Gasteiger partial charge on any atom is -0.381 e. The Morgan fingerprint density at radius 1 is 1.27 bits per heavy atom. The molecule has 11 heavy (non-hydrogen) atoms. The van der Waals surface area contributed by atoms with Gasteiger partial charge in [-0.25, -0.2) is 0 Å². The number of hydrogen-bond donors (Lipinski definition) is 1. The summed E-state index contributed by atoms with van der Waals surface area (Å²) in [5.41, 5.74) is 0. The van der Waals surface area contributed by atoms with Gasteiger partial charge in [-0.1, -0.05) is 0 Å². The molecule has 2 aliphatic rings. The van der Waals surface area contributed by atoms with Gasteiger partial charge in [0.15, 0.2) is 0 Å². The molecular formula is C8H16ClNO. The van der Waals surface area contributed by atoms with E-state index in [-0.39, 0.29) is 12.4 Å². The van der Waals surface area contributed by atoms with Crippen LogP contribution in [0.1, 0.15) is 19.3 Å². The Morgan fingerprint density at radius 3 is 2.55 bits per heavy atom. The van der Waals surface area contributed by atoms with Crippen molar-refractivity contribution in [2.45, 2.75) is 25.3 Å². The molecular weight excluding hydrogens is 162 g/mol. The van der Waals surface area contributed by atoms with Gasteiger partial charge in [0.1, 0.15) is 0 Å². The fourth-order valence-corrected chi connectivity index (χ4v) is 1.80. The molecule has 2 unspecified atom stereocenters. The molecule has 66 valence electrons. The maximum Gasteiger partial charge on any atom is 0.0509 e. The largest absolute Gasteiger partial charge is 0.381 e. The van der Waals surface area contributed by atoms with Gasteiger partial charge in [0, 0.05) is 12.6 Å². The first-order valence-electron chi connectivity index (χ1n) is 4.28. The summed E-state index contributed by atoms with van der Waals surface area (Å²) in [6, 6.07) is 0.792. The van der Waals surface area contributed by atoms with Crippen LogP contribution in [0.5, 0.6) is 0 Å². The van der Waals surface area contributed by atoms with Crippen molar-refractivity contribution in [3.63, 3.8) is 0 Å². The number of halogens is 1. The summed E-state index contributed by atoms with van der Waals surface area (Å²) >= 11 is 0. The van der Waals surface area contributed by atoms with Gasteiger partial charge in [-0.3, -0.25) is 0 Å². The molecule has 0 bridgehead atoms. The lowest BCUT2D eigenvalue weighted by Gasteiger charge is -2.37. The molecule has 0 spiro atoms. The second-order valence-corrected chi connectivity index (χ2v) is 3.33. The van der Waals surface area contributed by atoms with Gasteiger partial charge >= 0.3 is 0 Å². The third-order valence-electron chi connectivity index (χ3n) is 2.63. The Labute approximate surface area is 74.1 Å². The van der Waals surface area contributed by atoms with Crippen LogP contribution >= 0.6 is 12.4 Å². The van der Waals surface area contributed by atoms with Crippen LogP contribution in [0.4, 0.5) is 0 Å². The molecule has 2 fully saturated rings. The first kappa shape index (κ1) is 9.30. The van der Waals surface area contributed by atoms with E-state index in [9.17, 15) is 0 Å². The van der Waals surface area contributed by atoms with Crippen molar-refractivity contribution in [3.8, 4) is 0 Å². The molecule has 1 N–H and O–H groups in total. The third-order valence-corrected chi connectivity index (χ3v) is 2.63. The average Bonchev–Trinajstić information content (AvgIpc) is 1.86. The van der Waals surface area contributed by atoms with E-state index in [1.165, 1.54) is 25.8 Å². The van der Waals surface area contributed by atoms with Crippen molar-refractivity contribution in [1.82, 2.24) is 5.32 Å². The molecule has 0 saturated carbocycles. The van der Waals surface area contributed by atoms with Gasteiger partial charge in [-0.2, -0.15) is 0 Å². The quantitative estimate of drug-likeness (QED) is 0.650. The highest BCUT2D eigenvalue weighted by Gasteiger charge is 2.27. The van der Waals surface area contributed by atoms with Gasteiger partial charge in [-0.05, 0) is 31.7 Å². The minimum atomic E-state index is 0. The standard InChI is InChI=1S/C8H15NO.ClH/c1-2-7(6-10-5-1)8-3-4-9-8;/h7-9H,1-6H2;1H. The molecule has 2 aliphatic heterocycles. The summed E-state index contributed by atoms with van der Waals surface area (Å²) in [7, 11) is 0. The van der Waals surface area contributed by atoms with Gasteiger partial charge < -0.3 is 10.1 Å². The first-order chi connectivity index (χ1) is 4.97. The van der Waals surface area contributed by atoms with E-state index in [1.807, 2.05) is 0 Å². The number of ether oxygens (including phenoxy) is 1. The highest BCUT2D eigenvalue weighted by Crippen LogP contribution is 2.22. The normalized spacial score (nSPS) is 37.1. The fraction of sp³-hybridized carbons (Fsp3) is 1.00. The van der Waals surface area contributed by atoms with Crippen LogP contribution in [0.25, 0.3) is 0 Å². The maximum atomic E-state index is 5.40. The molecule has 0 aromatic heterocycles. The van der Waals surface area contributed by atoms with Crippen molar-refractivity contribution in [1.29, 1.82) is 0 Å². The third kappa shape index (κ3) is 2.08. The van der Waals surface area contributed by atoms with Crippen LogP contribution in [-0.2, 0) is 4.74 Å². The van der Waals surface area contributed by atoms with E-state index in [1.54, 1.807) is 0 Å². The SMILES string of the molecule is C1COCC(C2CCN2)C1.Cl. The molecule has 2 nitrogen and oxygen atoms in total. The van der Waals surface area contributed by atoms with Crippen LogP contribution in [0.2, 0.25) is 0 Å². The molecule has 0 aromatic carbocycles. The second kappa shape index (κ2) is 4.29. The number of nitrogens with one attached hydrogen (secondary N) is 1. The van der Waals surface area contributed by atoms with Crippen molar-refractivity contribution >= 4 is 12.4 Å². The monoisotopic (exact) mass is 177 g/mol. The van der Waals surface area contributed by atoms with Gasteiger partial charge in [0.2, 0.25) is 0 Å². The van der Waals surface area contributed by atoms with E-state index in [0.29, 0.717) is 0 Å². The highest BCUT2D eigenvalue weighted by molar-refractivity contribution is 5.85. The van der Waals surface area contributed by atoms with Crippen molar-refractivity contribution in [2.75, 3.05) is 19.8 Å². The summed E-state index contributed by atoms with van der Waals surface area (Å²) < 4.78 is 5.40. The predicted molar refractivity (Wildman–Crippen MR) is 47.2 cm³/mol. The molecule has 0 amide bonds. The predicted octanol–water partition coefficient (Wildman–Crippen LogP) is 1.20. The second-order valence-electron chi connectivity index (χ2n) is 3.33. The molecule has 2 atom stereocenters. The topological polar surface area (TPSA) is 21.3 Å². The highest BCUT2D eigenvalue weighted by atomic mass is 35.5. The molecule has 0 aromatic rings. The van der Waals surface area contributed by atoms with Crippen LogP contribution in [0.3, 0.4) is 0 Å². The van der Waals surface area contributed by atoms with E-state index in [4.69, 9.17) is 4.74 Å². The summed E-state index contributed by atoms with van der Waals surface area (Å²) in [6.45, 7) is 3.21. The van der Waals surface area contributed by atoms with E-state index in [2.05, 4.69) is 5.32 Å². The van der Waals surface area contributed by atoms with Crippen molar-refractivity contribution in [3.05, 3.63) is 0 Å². The van der Waals surface area contributed by atoms with E-state index >= 15 is 0 Å². The summed E-state index contributed by atoms with van der Waals surface area (Å²) in [4.78, 5) is 0. The van der Waals surface area contributed by atoms with Gasteiger partial charge in [-0.15, -0.1) is 12.4 Å². The zero-order chi connectivity index (χ0) is 6.81. The minimum absolute atomic E-state index is 0. The van der Waals surface area contributed by atoms with Crippen molar-refractivity contribution < 1.29 is 4.74 Å². The molecule has 0 aliphatic carbocycles. The average molecular weight is 178 g/mol. The molecule has 2 rings (SSSR count). The van der Waals surface area contributed by atoms with E-state index in [0.717, 1.165) is 25.2 Å². The van der Waals surface area contributed by atoms with Gasteiger partial charge in [0.25, 0.3) is 0 Å².